The van der Waals surface area contributed by atoms with E-state index in [4.69, 9.17) is 0 Å². The summed E-state index contributed by atoms with van der Waals surface area (Å²) < 4.78 is 0. The lowest BCUT2D eigenvalue weighted by molar-refractivity contribution is 0.745. The summed E-state index contributed by atoms with van der Waals surface area (Å²) in [5.41, 5.74) is 22.4. The van der Waals surface area contributed by atoms with Crippen LogP contribution in [-0.2, 0) is 5.41 Å². The van der Waals surface area contributed by atoms with Crippen LogP contribution in [0.1, 0.15) is 38.9 Å². The third-order valence-corrected chi connectivity index (χ3v) is 14.1. The standard InChI is InChI=1S/C64H50BN3/c1-45-32-38-57-59(40-45)67(54-36-34-51(35-37-54)64(48-20-9-4-10-21-48,49-22-11-5-12-23-49)50-24-13-6-14-25-50)61-42-47(3)43-62-63(61)65(57)58-39-33-46(2)41-60(58)68(62)56-31-19-30-55(44-56)66(52-26-15-7-16-27-52)53-28-17-8-18-29-53/h4-44H,1-3H3. The molecule has 324 valence electrons. The number of hydrogen-bond donors (Lipinski definition) is 0. The fraction of sp³-hybridized carbons (Fsp3) is 0.0625. The molecule has 0 radical (unpaired) electrons. The Morgan fingerprint density at radius 2 is 0.721 bits per heavy atom. The number of anilines is 9. The van der Waals surface area contributed by atoms with Crippen LogP contribution in [0.15, 0.2) is 249 Å². The van der Waals surface area contributed by atoms with E-state index in [1.54, 1.807) is 0 Å². The summed E-state index contributed by atoms with van der Waals surface area (Å²) in [5.74, 6) is 0. The van der Waals surface area contributed by atoms with E-state index in [-0.39, 0.29) is 6.71 Å². The zero-order valence-corrected chi connectivity index (χ0v) is 38.6. The van der Waals surface area contributed by atoms with Crippen molar-refractivity contribution in [2.24, 2.45) is 0 Å². The van der Waals surface area contributed by atoms with Gasteiger partial charge in [0, 0.05) is 51.2 Å². The molecule has 2 aliphatic rings. The van der Waals surface area contributed by atoms with Gasteiger partial charge in [-0.05, 0) is 155 Å². The second-order valence-corrected chi connectivity index (χ2v) is 18.4. The molecule has 3 nitrogen and oxygen atoms in total. The number of aryl methyl sites for hydroxylation is 3. The number of fused-ring (bicyclic) bond motifs is 4. The predicted molar refractivity (Wildman–Crippen MR) is 288 cm³/mol. The van der Waals surface area contributed by atoms with Crippen LogP contribution in [0.2, 0.25) is 0 Å². The number of para-hydroxylation sites is 2. The van der Waals surface area contributed by atoms with Crippen molar-refractivity contribution in [2.75, 3.05) is 14.7 Å². The van der Waals surface area contributed by atoms with Gasteiger partial charge in [-0.3, -0.25) is 0 Å². The Labute approximate surface area is 400 Å². The first-order chi connectivity index (χ1) is 33.5. The highest BCUT2D eigenvalue weighted by molar-refractivity contribution is 7.00. The highest BCUT2D eigenvalue weighted by Crippen LogP contribution is 2.49. The van der Waals surface area contributed by atoms with Crippen LogP contribution < -0.4 is 31.1 Å². The van der Waals surface area contributed by atoms with Crippen LogP contribution in [0.25, 0.3) is 0 Å². The van der Waals surface area contributed by atoms with E-state index in [9.17, 15) is 0 Å². The van der Waals surface area contributed by atoms with Gasteiger partial charge in [-0.2, -0.15) is 0 Å². The summed E-state index contributed by atoms with van der Waals surface area (Å²) in [5, 5.41) is 0. The average molecular weight is 872 g/mol. The van der Waals surface area contributed by atoms with Crippen molar-refractivity contribution >= 4 is 74.3 Å². The molecule has 0 fully saturated rings. The molecule has 0 spiro atoms. The van der Waals surface area contributed by atoms with E-state index >= 15 is 0 Å². The van der Waals surface area contributed by atoms with Gasteiger partial charge in [0.05, 0.1) is 5.41 Å². The monoisotopic (exact) mass is 871 g/mol. The Morgan fingerprint density at radius 1 is 0.324 bits per heavy atom. The van der Waals surface area contributed by atoms with Crippen LogP contribution in [0.4, 0.5) is 51.2 Å². The molecule has 0 aliphatic carbocycles. The molecule has 2 heterocycles. The summed E-state index contributed by atoms with van der Waals surface area (Å²) in [6, 6.07) is 91.8. The minimum Gasteiger partial charge on any atom is -0.311 e. The molecule has 0 saturated carbocycles. The van der Waals surface area contributed by atoms with Gasteiger partial charge in [0.1, 0.15) is 0 Å². The van der Waals surface area contributed by atoms with Crippen molar-refractivity contribution in [3.8, 4) is 0 Å². The molecule has 12 rings (SSSR count). The summed E-state index contributed by atoms with van der Waals surface area (Å²) >= 11 is 0. The summed E-state index contributed by atoms with van der Waals surface area (Å²) in [6.45, 7) is 6.71. The van der Waals surface area contributed by atoms with Crippen LogP contribution >= 0.6 is 0 Å². The van der Waals surface area contributed by atoms with E-state index in [0.29, 0.717) is 0 Å². The first-order valence-corrected chi connectivity index (χ1v) is 23.7. The molecule has 10 aromatic carbocycles. The molecule has 0 amide bonds. The van der Waals surface area contributed by atoms with E-state index in [1.165, 1.54) is 78.1 Å². The number of benzene rings is 10. The lowest BCUT2D eigenvalue weighted by Gasteiger charge is -2.44. The maximum absolute atomic E-state index is 2.53. The molecule has 0 unspecified atom stereocenters. The second kappa shape index (κ2) is 16.8. The molecule has 0 atom stereocenters. The Hall–Kier alpha value is -8.34. The molecule has 0 saturated heterocycles. The predicted octanol–water partition coefficient (Wildman–Crippen LogP) is 14.5. The van der Waals surface area contributed by atoms with Gasteiger partial charge in [-0.25, -0.2) is 0 Å². The molecule has 0 bridgehead atoms. The molecular weight excluding hydrogens is 822 g/mol. The van der Waals surface area contributed by atoms with E-state index in [0.717, 1.165) is 28.4 Å². The maximum atomic E-state index is 2.53. The van der Waals surface area contributed by atoms with Gasteiger partial charge < -0.3 is 14.7 Å². The smallest absolute Gasteiger partial charge is 0.252 e. The Balaban J connectivity index is 1.06. The van der Waals surface area contributed by atoms with Crippen molar-refractivity contribution < 1.29 is 0 Å². The lowest BCUT2D eigenvalue weighted by atomic mass is 9.33. The Bertz CT molecular complexity index is 3290. The minimum absolute atomic E-state index is 0.0359. The fourth-order valence-corrected chi connectivity index (χ4v) is 11.2. The van der Waals surface area contributed by atoms with Crippen molar-refractivity contribution in [3.63, 3.8) is 0 Å². The van der Waals surface area contributed by atoms with Crippen LogP contribution in [-0.4, -0.2) is 6.71 Å². The SMILES string of the molecule is Cc1ccc2c(c1)N(c1ccc(C(c3ccccc3)(c3ccccc3)c3ccccc3)cc1)c1cc(C)cc3c1B2c1ccc(C)cc1N3c1cccc(N(c2ccccc2)c2ccccc2)c1. The van der Waals surface area contributed by atoms with Gasteiger partial charge >= 0.3 is 0 Å². The Morgan fingerprint density at radius 3 is 1.19 bits per heavy atom. The average Bonchev–Trinajstić information content (AvgIpc) is 3.38. The van der Waals surface area contributed by atoms with Gasteiger partial charge in [-0.15, -0.1) is 0 Å². The van der Waals surface area contributed by atoms with Crippen LogP contribution in [0.3, 0.4) is 0 Å². The third kappa shape index (κ3) is 6.75. The summed E-state index contributed by atoms with van der Waals surface area (Å²) in [4.78, 5) is 7.41. The highest BCUT2D eigenvalue weighted by atomic mass is 15.2. The Kier molecular flexibility index (Phi) is 10.2. The summed E-state index contributed by atoms with van der Waals surface area (Å²) in [6.07, 6.45) is 0. The molecule has 2 aliphatic heterocycles. The van der Waals surface area contributed by atoms with E-state index in [1.807, 2.05) is 0 Å². The molecule has 68 heavy (non-hydrogen) atoms. The lowest BCUT2D eigenvalue weighted by Crippen LogP contribution is -2.61. The quantitative estimate of drug-likeness (QED) is 0.106. The van der Waals surface area contributed by atoms with Crippen molar-refractivity contribution in [3.05, 3.63) is 288 Å². The zero-order valence-electron chi connectivity index (χ0n) is 38.6. The van der Waals surface area contributed by atoms with Gasteiger partial charge in [0.2, 0.25) is 0 Å². The number of nitrogens with zero attached hydrogens (tertiary/aromatic N) is 3. The minimum atomic E-state index is -0.542. The highest BCUT2D eigenvalue weighted by Gasteiger charge is 2.44. The third-order valence-electron chi connectivity index (χ3n) is 14.1. The zero-order chi connectivity index (χ0) is 45.8. The van der Waals surface area contributed by atoms with Crippen LogP contribution in [0, 0.1) is 20.8 Å². The van der Waals surface area contributed by atoms with E-state index in [2.05, 4.69) is 284 Å². The summed E-state index contributed by atoms with van der Waals surface area (Å²) in [7, 11) is 0. The first kappa shape index (κ1) is 41.1. The maximum Gasteiger partial charge on any atom is 0.252 e. The molecule has 0 N–H and O–H groups in total. The number of hydrogen-bond acceptors (Lipinski definition) is 3. The normalized spacial score (nSPS) is 12.5. The fourth-order valence-electron chi connectivity index (χ4n) is 11.2. The largest absolute Gasteiger partial charge is 0.311 e. The van der Waals surface area contributed by atoms with Gasteiger partial charge in [0.25, 0.3) is 6.71 Å². The molecular formula is C64H50BN3. The second-order valence-electron chi connectivity index (χ2n) is 18.4. The molecule has 0 aromatic heterocycles. The molecule has 10 aromatic rings. The first-order valence-electron chi connectivity index (χ1n) is 23.7. The number of rotatable bonds is 9. The van der Waals surface area contributed by atoms with Crippen LogP contribution in [0.5, 0.6) is 0 Å². The van der Waals surface area contributed by atoms with Crippen molar-refractivity contribution in [1.82, 2.24) is 0 Å². The topological polar surface area (TPSA) is 9.72 Å². The van der Waals surface area contributed by atoms with Crippen molar-refractivity contribution in [1.29, 1.82) is 0 Å². The van der Waals surface area contributed by atoms with Gasteiger partial charge in [0.15, 0.2) is 0 Å². The van der Waals surface area contributed by atoms with E-state index < -0.39 is 5.41 Å². The molecule has 4 heteroatoms. The van der Waals surface area contributed by atoms with Crippen molar-refractivity contribution in [2.45, 2.75) is 26.2 Å². The van der Waals surface area contributed by atoms with Gasteiger partial charge in [-0.1, -0.05) is 170 Å².